The predicted octanol–water partition coefficient (Wildman–Crippen LogP) is 1.73. The van der Waals surface area contributed by atoms with Crippen LogP contribution in [0, 0.1) is 13.8 Å². The third-order valence-corrected chi connectivity index (χ3v) is 2.72. The molecule has 2 heterocycles. The molecule has 0 unspecified atom stereocenters. The van der Waals surface area contributed by atoms with Gasteiger partial charge in [0.05, 0.1) is 0 Å². The topological polar surface area (TPSA) is 76.7 Å². The highest BCUT2D eigenvalue weighted by Crippen LogP contribution is 2.16. The molecule has 0 bridgehead atoms. The van der Waals surface area contributed by atoms with Gasteiger partial charge in [0.25, 0.3) is 0 Å². The van der Waals surface area contributed by atoms with E-state index in [1.54, 1.807) is 6.20 Å². The lowest BCUT2D eigenvalue weighted by atomic mass is 10.2. The second kappa shape index (κ2) is 5.44. The summed E-state index contributed by atoms with van der Waals surface area (Å²) in [5, 5.41) is 3.28. The highest BCUT2D eigenvalue weighted by atomic mass is 15.0. The summed E-state index contributed by atoms with van der Waals surface area (Å²) in [6.45, 7) is 4.55. The van der Waals surface area contributed by atoms with Crippen LogP contribution in [0.1, 0.15) is 17.0 Å². The molecular weight excluding hydrogens is 226 g/mol. The van der Waals surface area contributed by atoms with Crippen molar-refractivity contribution in [1.82, 2.24) is 15.0 Å². The molecule has 0 aromatic carbocycles. The van der Waals surface area contributed by atoms with Crippen molar-refractivity contribution in [3.05, 3.63) is 41.5 Å². The van der Waals surface area contributed by atoms with Crippen LogP contribution >= 0.6 is 0 Å². The normalized spacial score (nSPS) is 10.3. The maximum absolute atomic E-state index is 5.80. The van der Waals surface area contributed by atoms with Gasteiger partial charge in [-0.1, -0.05) is 6.07 Å². The van der Waals surface area contributed by atoms with E-state index >= 15 is 0 Å². The zero-order chi connectivity index (χ0) is 13.0. The van der Waals surface area contributed by atoms with E-state index in [1.807, 2.05) is 26.1 Å². The van der Waals surface area contributed by atoms with Gasteiger partial charge in [0.15, 0.2) is 0 Å². The number of aromatic nitrogens is 3. The number of hydrogen-bond donors (Lipinski definition) is 2. The molecule has 0 aliphatic rings. The Morgan fingerprint density at radius 2 is 2.11 bits per heavy atom. The first-order valence-corrected chi connectivity index (χ1v) is 5.90. The van der Waals surface area contributed by atoms with Crippen LogP contribution < -0.4 is 11.1 Å². The minimum atomic E-state index is 0.534. The van der Waals surface area contributed by atoms with Crippen molar-refractivity contribution in [2.45, 2.75) is 20.3 Å². The van der Waals surface area contributed by atoms with Crippen molar-refractivity contribution in [3.8, 4) is 0 Å². The van der Waals surface area contributed by atoms with Crippen molar-refractivity contribution in [2.75, 3.05) is 17.6 Å². The molecule has 3 N–H and O–H groups in total. The van der Waals surface area contributed by atoms with Crippen LogP contribution in [0.15, 0.2) is 24.5 Å². The number of nitrogens with one attached hydrogen (secondary N) is 1. The van der Waals surface area contributed by atoms with E-state index in [-0.39, 0.29) is 0 Å². The van der Waals surface area contributed by atoms with Crippen LogP contribution in [0.2, 0.25) is 0 Å². The first-order valence-electron chi connectivity index (χ1n) is 5.90. The SMILES string of the molecule is Cc1nc(N)c(C)c(NCCc2cccnc2)n1. The molecule has 0 saturated heterocycles. The summed E-state index contributed by atoms with van der Waals surface area (Å²) in [5.74, 6) is 2.03. The minimum Gasteiger partial charge on any atom is -0.383 e. The Hall–Kier alpha value is -2.17. The van der Waals surface area contributed by atoms with E-state index in [0.29, 0.717) is 11.6 Å². The summed E-state index contributed by atoms with van der Waals surface area (Å²) in [6, 6.07) is 3.99. The number of hydrogen-bond acceptors (Lipinski definition) is 5. The van der Waals surface area contributed by atoms with Gasteiger partial charge in [0.2, 0.25) is 0 Å². The molecule has 0 spiro atoms. The zero-order valence-corrected chi connectivity index (χ0v) is 10.6. The van der Waals surface area contributed by atoms with Gasteiger partial charge in [-0.05, 0) is 31.9 Å². The molecule has 0 aliphatic heterocycles. The first kappa shape index (κ1) is 12.3. The molecule has 5 nitrogen and oxygen atoms in total. The molecule has 18 heavy (non-hydrogen) atoms. The van der Waals surface area contributed by atoms with Gasteiger partial charge in [-0.3, -0.25) is 4.98 Å². The fraction of sp³-hybridized carbons (Fsp3) is 0.308. The monoisotopic (exact) mass is 243 g/mol. The number of nitrogens with two attached hydrogens (primary N) is 1. The molecule has 2 aromatic rings. The highest BCUT2D eigenvalue weighted by molar-refractivity contribution is 5.54. The average Bonchev–Trinajstić information content (AvgIpc) is 2.36. The molecule has 0 aliphatic carbocycles. The number of anilines is 2. The molecular formula is C13H17N5. The summed E-state index contributed by atoms with van der Waals surface area (Å²) in [5.41, 5.74) is 7.89. The molecule has 0 fully saturated rings. The van der Waals surface area contributed by atoms with Crippen molar-refractivity contribution < 1.29 is 0 Å². The van der Waals surface area contributed by atoms with Gasteiger partial charge in [-0.2, -0.15) is 0 Å². The second-order valence-electron chi connectivity index (χ2n) is 4.17. The Morgan fingerprint density at radius 3 is 2.83 bits per heavy atom. The summed E-state index contributed by atoms with van der Waals surface area (Å²) < 4.78 is 0. The Balaban J connectivity index is 1.99. The summed E-state index contributed by atoms with van der Waals surface area (Å²) in [7, 11) is 0. The molecule has 0 amide bonds. The Kier molecular flexibility index (Phi) is 3.72. The van der Waals surface area contributed by atoms with Gasteiger partial charge in [-0.25, -0.2) is 9.97 Å². The molecule has 0 atom stereocenters. The van der Waals surface area contributed by atoms with E-state index in [0.717, 1.165) is 24.3 Å². The first-order chi connectivity index (χ1) is 8.66. The molecule has 2 aromatic heterocycles. The summed E-state index contributed by atoms with van der Waals surface area (Å²) >= 11 is 0. The Bertz CT molecular complexity index is 524. The maximum atomic E-state index is 5.80. The Morgan fingerprint density at radius 1 is 1.28 bits per heavy atom. The van der Waals surface area contributed by atoms with Crippen LogP contribution in [-0.4, -0.2) is 21.5 Å². The fourth-order valence-corrected chi connectivity index (χ4v) is 1.69. The maximum Gasteiger partial charge on any atom is 0.134 e. The average molecular weight is 243 g/mol. The van der Waals surface area contributed by atoms with Crippen molar-refractivity contribution in [2.24, 2.45) is 0 Å². The van der Waals surface area contributed by atoms with Gasteiger partial charge in [0, 0.05) is 24.5 Å². The van der Waals surface area contributed by atoms with E-state index in [4.69, 9.17) is 5.73 Å². The quantitative estimate of drug-likeness (QED) is 0.855. The molecule has 0 saturated carbocycles. The second-order valence-corrected chi connectivity index (χ2v) is 4.17. The van der Waals surface area contributed by atoms with Crippen molar-refractivity contribution in [1.29, 1.82) is 0 Å². The lowest BCUT2D eigenvalue weighted by molar-refractivity contribution is 0.967. The third-order valence-electron chi connectivity index (χ3n) is 2.72. The Labute approximate surface area is 106 Å². The van der Waals surface area contributed by atoms with E-state index in [2.05, 4.69) is 26.3 Å². The highest BCUT2D eigenvalue weighted by Gasteiger charge is 2.05. The van der Waals surface area contributed by atoms with E-state index < -0.39 is 0 Å². The summed E-state index contributed by atoms with van der Waals surface area (Å²) in [6.07, 6.45) is 4.54. The van der Waals surface area contributed by atoms with Crippen LogP contribution in [-0.2, 0) is 6.42 Å². The standard InChI is InChI=1S/C13H17N5/c1-9-12(14)17-10(2)18-13(9)16-7-5-11-4-3-6-15-8-11/h3-4,6,8H,5,7H2,1-2H3,(H3,14,16,17,18). The van der Waals surface area contributed by atoms with Gasteiger partial charge < -0.3 is 11.1 Å². The smallest absolute Gasteiger partial charge is 0.134 e. The van der Waals surface area contributed by atoms with Crippen molar-refractivity contribution in [3.63, 3.8) is 0 Å². The van der Waals surface area contributed by atoms with E-state index in [1.165, 1.54) is 5.56 Å². The molecule has 94 valence electrons. The largest absolute Gasteiger partial charge is 0.383 e. The van der Waals surface area contributed by atoms with Gasteiger partial charge in [0.1, 0.15) is 17.5 Å². The van der Waals surface area contributed by atoms with Crippen LogP contribution in [0.25, 0.3) is 0 Å². The van der Waals surface area contributed by atoms with Gasteiger partial charge in [-0.15, -0.1) is 0 Å². The number of aryl methyl sites for hydroxylation is 1. The minimum absolute atomic E-state index is 0.534. The number of rotatable bonds is 4. The molecule has 0 radical (unpaired) electrons. The van der Waals surface area contributed by atoms with Crippen LogP contribution in [0.5, 0.6) is 0 Å². The van der Waals surface area contributed by atoms with Crippen molar-refractivity contribution >= 4 is 11.6 Å². The summed E-state index contributed by atoms with van der Waals surface area (Å²) in [4.78, 5) is 12.5. The van der Waals surface area contributed by atoms with Crippen LogP contribution in [0.3, 0.4) is 0 Å². The van der Waals surface area contributed by atoms with Gasteiger partial charge >= 0.3 is 0 Å². The van der Waals surface area contributed by atoms with E-state index in [9.17, 15) is 0 Å². The number of nitrogen functional groups attached to an aromatic ring is 1. The lowest BCUT2D eigenvalue weighted by Gasteiger charge is -2.10. The third kappa shape index (κ3) is 2.94. The number of nitrogens with zero attached hydrogens (tertiary/aromatic N) is 3. The molecule has 5 heteroatoms. The van der Waals surface area contributed by atoms with Crippen LogP contribution in [0.4, 0.5) is 11.6 Å². The zero-order valence-electron chi connectivity index (χ0n) is 10.6. The number of pyridine rings is 1. The molecule has 2 rings (SSSR count). The fourth-order valence-electron chi connectivity index (χ4n) is 1.69. The predicted molar refractivity (Wildman–Crippen MR) is 72.3 cm³/mol. The lowest BCUT2D eigenvalue weighted by Crippen LogP contribution is -2.11.